The standard InChI is InChI=1S/C56H106O5/c1-3-5-7-9-11-13-14-15-16-17-18-19-20-21-22-23-24-25-26-27-28-29-30-31-32-33-34-35-36-37-38-39-40-41-42-43-45-47-49-51-56(59)61-54(52-57)53-60-55(58)50-48-46-44-12-10-8-6-4-2/h14-15,17-18,54,57H,3-13,16,19-53H2,1-2H3/b15-14-,18-17-. The summed E-state index contributed by atoms with van der Waals surface area (Å²) in [6.07, 6.45) is 66.2. The highest BCUT2D eigenvalue weighted by Crippen LogP contribution is 2.17. The van der Waals surface area contributed by atoms with Crippen molar-refractivity contribution in [2.75, 3.05) is 13.2 Å². The van der Waals surface area contributed by atoms with Crippen LogP contribution in [0.25, 0.3) is 0 Å². The van der Waals surface area contributed by atoms with E-state index in [2.05, 4.69) is 38.2 Å². The third-order valence-electron chi connectivity index (χ3n) is 12.5. The van der Waals surface area contributed by atoms with Crippen molar-refractivity contribution in [1.82, 2.24) is 0 Å². The number of carbonyl (C=O) groups is 2. The number of rotatable bonds is 51. The van der Waals surface area contributed by atoms with Crippen LogP contribution in [0.3, 0.4) is 0 Å². The van der Waals surface area contributed by atoms with Gasteiger partial charge < -0.3 is 14.6 Å². The predicted octanol–water partition coefficient (Wildman–Crippen LogP) is 18.1. The van der Waals surface area contributed by atoms with Gasteiger partial charge in [0.05, 0.1) is 6.61 Å². The number of esters is 2. The zero-order chi connectivity index (χ0) is 44.2. The number of aliphatic hydroxyl groups is 1. The van der Waals surface area contributed by atoms with Gasteiger partial charge >= 0.3 is 11.9 Å². The minimum absolute atomic E-state index is 0.0592. The average Bonchev–Trinajstić information content (AvgIpc) is 3.26. The van der Waals surface area contributed by atoms with E-state index in [-0.39, 0.29) is 25.2 Å². The molecule has 0 bridgehead atoms. The largest absolute Gasteiger partial charge is 0.462 e. The molecule has 0 aromatic carbocycles. The molecule has 0 saturated heterocycles. The summed E-state index contributed by atoms with van der Waals surface area (Å²) in [4.78, 5) is 24.2. The van der Waals surface area contributed by atoms with Crippen molar-refractivity contribution >= 4 is 11.9 Å². The molecule has 1 unspecified atom stereocenters. The summed E-state index contributed by atoms with van der Waals surface area (Å²) >= 11 is 0. The van der Waals surface area contributed by atoms with E-state index in [1.54, 1.807) is 0 Å². The van der Waals surface area contributed by atoms with E-state index < -0.39 is 6.10 Å². The second-order valence-corrected chi connectivity index (χ2v) is 18.7. The number of hydrogen-bond donors (Lipinski definition) is 1. The lowest BCUT2D eigenvalue weighted by molar-refractivity contribution is -0.161. The van der Waals surface area contributed by atoms with Crippen LogP contribution < -0.4 is 0 Å². The van der Waals surface area contributed by atoms with Crippen LogP contribution in [0.4, 0.5) is 0 Å². The van der Waals surface area contributed by atoms with Crippen molar-refractivity contribution in [3.05, 3.63) is 24.3 Å². The molecule has 0 saturated carbocycles. The molecule has 0 aromatic heterocycles. The maximum atomic E-state index is 12.2. The molecule has 5 nitrogen and oxygen atoms in total. The monoisotopic (exact) mass is 859 g/mol. The Labute approximate surface area is 381 Å². The summed E-state index contributed by atoms with van der Waals surface area (Å²) in [7, 11) is 0. The number of unbranched alkanes of at least 4 members (excludes halogenated alkanes) is 39. The van der Waals surface area contributed by atoms with Gasteiger partial charge in [-0.25, -0.2) is 0 Å². The van der Waals surface area contributed by atoms with Crippen molar-refractivity contribution in [3.8, 4) is 0 Å². The molecule has 61 heavy (non-hydrogen) atoms. The normalized spacial score (nSPS) is 12.2. The molecule has 0 spiro atoms. The molecule has 0 fully saturated rings. The Hall–Kier alpha value is -1.62. The van der Waals surface area contributed by atoms with Gasteiger partial charge in [-0.3, -0.25) is 9.59 Å². The zero-order valence-electron chi connectivity index (χ0n) is 41.2. The SMILES string of the molecule is CCCCCCC/C=C\C/C=C\CCCCCCCCCCCCCCCCCCCCCCCCCCCCCC(=O)OC(CO)COC(=O)CCCCCCCCCC. The second-order valence-electron chi connectivity index (χ2n) is 18.7. The molecule has 0 radical (unpaired) electrons. The fraction of sp³-hybridized carbons (Fsp3) is 0.893. The van der Waals surface area contributed by atoms with Gasteiger partial charge in [0.15, 0.2) is 6.10 Å². The van der Waals surface area contributed by atoms with Gasteiger partial charge in [-0.15, -0.1) is 0 Å². The summed E-state index contributed by atoms with van der Waals surface area (Å²) < 4.78 is 10.6. The molecule has 0 rings (SSSR count). The highest BCUT2D eigenvalue weighted by Gasteiger charge is 2.16. The molecule has 0 aliphatic carbocycles. The molecular weight excluding hydrogens is 753 g/mol. The van der Waals surface area contributed by atoms with Gasteiger partial charge in [-0.2, -0.15) is 0 Å². The highest BCUT2D eigenvalue weighted by atomic mass is 16.6. The molecule has 0 aromatic rings. The Morgan fingerprint density at radius 3 is 0.967 bits per heavy atom. The van der Waals surface area contributed by atoms with Gasteiger partial charge in [0.1, 0.15) is 6.61 Å². The number of allylic oxidation sites excluding steroid dienone is 4. The molecule has 1 atom stereocenters. The van der Waals surface area contributed by atoms with Gasteiger partial charge in [-0.1, -0.05) is 269 Å². The van der Waals surface area contributed by atoms with Crippen LogP contribution in [-0.2, 0) is 19.1 Å². The van der Waals surface area contributed by atoms with E-state index in [1.807, 2.05) is 0 Å². The lowest BCUT2D eigenvalue weighted by Crippen LogP contribution is -2.28. The summed E-state index contributed by atoms with van der Waals surface area (Å²) in [5.41, 5.74) is 0. The number of carbonyl (C=O) groups excluding carboxylic acids is 2. The molecular formula is C56H106O5. The molecule has 0 aliphatic heterocycles. The van der Waals surface area contributed by atoms with E-state index in [0.29, 0.717) is 12.8 Å². The predicted molar refractivity (Wildman–Crippen MR) is 265 cm³/mol. The summed E-state index contributed by atoms with van der Waals surface area (Å²) in [5.74, 6) is -0.580. The molecule has 5 heteroatoms. The minimum Gasteiger partial charge on any atom is -0.462 e. The van der Waals surface area contributed by atoms with E-state index in [1.165, 1.54) is 231 Å². The third kappa shape index (κ3) is 50.9. The van der Waals surface area contributed by atoms with Gasteiger partial charge in [0, 0.05) is 12.8 Å². The molecule has 0 heterocycles. The Morgan fingerprint density at radius 1 is 0.377 bits per heavy atom. The van der Waals surface area contributed by atoms with Gasteiger partial charge in [-0.05, 0) is 44.9 Å². The first kappa shape index (κ1) is 59.4. The van der Waals surface area contributed by atoms with Crippen molar-refractivity contribution in [2.24, 2.45) is 0 Å². The smallest absolute Gasteiger partial charge is 0.306 e. The first-order valence-corrected chi connectivity index (χ1v) is 27.4. The van der Waals surface area contributed by atoms with Crippen molar-refractivity contribution < 1.29 is 24.2 Å². The maximum absolute atomic E-state index is 12.2. The van der Waals surface area contributed by atoms with Crippen LogP contribution in [0, 0.1) is 0 Å². The zero-order valence-corrected chi connectivity index (χ0v) is 41.2. The lowest BCUT2D eigenvalue weighted by Gasteiger charge is -2.15. The second kappa shape index (κ2) is 52.7. The first-order valence-electron chi connectivity index (χ1n) is 27.4. The van der Waals surface area contributed by atoms with Crippen molar-refractivity contribution in [3.63, 3.8) is 0 Å². The quantitative estimate of drug-likeness (QED) is 0.0375. The van der Waals surface area contributed by atoms with Crippen LogP contribution in [-0.4, -0.2) is 36.4 Å². The van der Waals surface area contributed by atoms with Crippen molar-refractivity contribution in [2.45, 2.75) is 309 Å². The maximum Gasteiger partial charge on any atom is 0.306 e. The van der Waals surface area contributed by atoms with E-state index in [4.69, 9.17) is 9.47 Å². The van der Waals surface area contributed by atoms with Crippen LogP contribution in [0.1, 0.15) is 303 Å². The van der Waals surface area contributed by atoms with E-state index >= 15 is 0 Å². The molecule has 0 aliphatic rings. The van der Waals surface area contributed by atoms with Gasteiger partial charge in [0.2, 0.25) is 0 Å². The Bertz CT molecular complexity index is 928. The van der Waals surface area contributed by atoms with Crippen molar-refractivity contribution in [1.29, 1.82) is 0 Å². The van der Waals surface area contributed by atoms with Crippen LogP contribution in [0.15, 0.2) is 24.3 Å². The van der Waals surface area contributed by atoms with Crippen LogP contribution in [0.5, 0.6) is 0 Å². The topological polar surface area (TPSA) is 72.8 Å². The Morgan fingerprint density at radius 2 is 0.656 bits per heavy atom. The Balaban J connectivity index is 3.31. The first-order chi connectivity index (χ1) is 30.1. The number of aliphatic hydroxyl groups excluding tert-OH is 1. The number of hydrogen-bond acceptors (Lipinski definition) is 5. The minimum atomic E-state index is -0.763. The molecule has 1 N–H and O–H groups in total. The Kier molecular flexibility index (Phi) is 51.3. The average molecular weight is 859 g/mol. The fourth-order valence-corrected chi connectivity index (χ4v) is 8.35. The van der Waals surface area contributed by atoms with E-state index in [9.17, 15) is 14.7 Å². The summed E-state index contributed by atoms with van der Waals surface area (Å²) in [6.45, 7) is 4.12. The third-order valence-corrected chi connectivity index (χ3v) is 12.5. The van der Waals surface area contributed by atoms with Gasteiger partial charge in [0.25, 0.3) is 0 Å². The number of ether oxygens (including phenoxy) is 2. The van der Waals surface area contributed by atoms with Crippen LogP contribution in [0.2, 0.25) is 0 Å². The fourth-order valence-electron chi connectivity index (χ4n) is 8.35. The molecule has 360 valence electrons. The van der Waals surface area contributed by atoms with Crippen LogP contribution >= 0.6 is 0 Å². The molecule has 0 amide bonds. The van der Waals surface area contributed by atoms with E-state index in [0.717, 1.165) is 44.9 Å². The highest BCUT2D eigenvalue weighted by molar-refractivity contribution is 5.70. The summed E-state index contributed by atoms with van der Waals surface area (Å²) in [6, 6.07) is 0. The summed E-state index contributed by atoms with van der Waals surface area (Å²) in [5, 5.41) is 9.56. The lowest BCUT2D eigenvalue weighted by atomic mass is 10.0.